The van der Waals surface area contributed by atoms with Crippen LogP contribution in [0.4, 0.5) is 0 Å². The summed E-state index contributed by atoms with van der Waals surface area (Å²) < 4.78 is 37.9. The molecule has 3 heterocycles. The first kappa shape index (κ1) is 17.0. The predicted molar refractivity (Wildman–Crippen MR) is 107 cm³/mol. The van der Waals surface area contributed by atoms with E-state index in [2.05, 4.69) is 9.60 Å². The first-order valence-electron chi connectivity index (χ1n) is 8.19. The summed E-state index contributed by atoms with van der Waals surface area (Å²) >= 11 is -2.95. The van der Waals surface area contributed by atoms with Gasteiger partial charge in [-0.3, -0.25) is 0 Å². The molecule has 0 aliphatic carbocycles. The molecule has 0 spiro atoms. The van der Waals surface area contributed by atoms with Gasteiger partial charge >= 0.3 is 164 Å². The van der Waals surface area contributed by atoms with Gasteiger partial charge < -0.3 is 0 Å². The maximum absolute atomic E-state index is 13.1. The number of hydrogen-bond acceptors (Lipinski definition) is 4. The first-order chi connectivity index (χ1) is 12.1. The molecular formula is C17H16AlClINO3S. The van der Waals surface area contributed by atoms with E-state index >= 15 is 0 Å². The minimum absolute atomic E-state index is 0.261. The topological polar surface area (TPSA) is 55.4 Å². The van der Waals surface area contributed by atoms with Crippen molar-refractivity contribution in [2.45, 2.75) is 26.1 Å². The summed E-state index contributed by atoms with van der Waals surface area (Å²) in [5.74, 6) is 0. The average molecular weight is 504 g/mol. The van der Waals surface area contributed by atoms with Gasteiger partial charge in [-0.1, -0.05) is 0 Å². The Hall–Kier alpha value is -0.138. The Kier molecular flexibility index (Phi) is 4.21. The number of fused-ring (bicyclic) bond motifs is 3. The van der Waals surface area contributed by atoms with Crippen LogP contribution in [0.15, 0.2) is 52.3 Å². The summed E-state index contributed by atoms with van der Waals surface area (Å²) in [6.07, 6.45) is 0.678. The van der Waals surface area contributed by atoms with Gasteiger partial charge in [0.25, 0.3) is 0 Å². The zero-order chi connectivity index (χ0) is 17.2. The number of hydrogen-bond donors (Lipinski definition) is 1. The van der Waals surface area contributed by atoms with Crippen molar-refractivity contribution in [1.29, 1.82) is 0 Å². The van der Waals surface area contributed by atoms with Gasteiger partial charge in [0.15, 0.2) is 0 Å². The molecule has 3 aliphatic rings. The second-order valence-corrected chi connectivity index (χ2v) is 17.2. The monoisotopic (exact) mass is 503 g/mol. The van der Waals surface area contributed by atoms with Crippen molar-refractivity contribution in [3.8, 4) is 0 Å². The van der Waals surface area contributed by atoms with Gasteiger partial charge in [0.05, 0.1) is 0 Å². The minimum atomic E-state index is -3.44. The fourth-order valence-electron chi connectivity index (χ4n) is 3.50. The van der Waals surface area contributed by atoms with Crippen molar-refractivity contribution in [2.24, 2.45) is 0 Å². The van der Waals surface area contributed by atoms with Crippen LogP contribution in [-0.4, -0.2) is 42.5 Å². The van der Waals surface area contributed by atoms with Crippen LogP contribution in [0, 0.1) is 3.57 Å². The Morgan fingerprint density at radius 2 is 1.96 bits per heavy atom. The van der Waals surface area contributed by atoms with Gasteiger partial charge in [-0.2, -0.15) is 0 Å². The van der Waals surface area contributed by atoms with E-state index in [4.69, 9.17) is 14.8 Å². The number of alkyl halides is 1. The average Bonchev–Trinajstić information content (AvgIpc) is 3.28. The molecule has 2 aromatic rings. The molecule has 0 aromatic heterocycles. The molecule has 4 nitrogen and oxygen atoms in total. The molecule has 130 valence electrons. The summed E-state index contributed by atoms with van der Waals surface area (Å²) in [7, 11) is 2.94. The van der Waals surface area contributed by atoms with Crippen LogP contribution < -0.4 is 3.53 Å². The summed E-state index contributed by atoms with van der Waals surface area (Å²) in [5.41, 5.74) is 1.79. The van der Waals surface area contributed by atoms with Gasteiger partial charge in [-0.25, -0.2) is 0 Å². The maximum atomic E-state index is 13.1. The predicted octanol–water partition coefficient (Wildman–Crippen LogP) is 2.69. The van der Waals surface area contributed by atoms with Crippen molar-refractivity contribution in [3.05, 3.63) is 57.2 Å². The molecule has 2 aromatic carbocycles. The van der Waals surface area contributed by atoms with Crippen LogP contribution in [0.1, 0.15) is 11.1 Å². The van der Waals surface area contributed by atoms with Gasteiger partial charge in [0.2, 0.25) is 0 Å². The van der Waals surface area contributed by atoms with E-state index in [-0.39, 0.29) is 4.97 Å². The van der Waals surface area contributed by atoms with E-state index < -0.39 is 43.2 Å². The molecule has 0 radical (unpaired) electrons. The van der Waals surface area contributed by atoms with Crippen molar-refractivity contribution in [3.63, 3.8) is 0 Å². The van der Waals surface area contributed by atoms with Gasteiger partial charge in [0, 0.05) is 0 Å². The van der Waals surface area contributed by atoms with E-state index in [1.165, 1.54) is 3.57 Å². The van der Waals surface area contributed by atoms with Crippen LogP contribution in [0.25, 0.3) is 0 Å². The third-order valence-electron chi connectivity index (χ3n) is 4.93. The summed E-state index contributed by atoms with van der Waals surface area (Å²) in [6.45, 7) is 0.738. The molecule has 0 saturated carbocycles. The van der Waals surface area contributed by atoms with Crippen LogP contribution in [-0.2, 0) is 21.0 Å². The fourth-order valence-corrected chi connectivity index (χ4v) is 16.1. The second-order valence-electron chi connectivity index (χ2n) is 6.51. The van der Waals surface area contributed by atoms with Gasteiger partial charge in [-0.05, 0) is 0 Å². The summed E-state index contributed by atoms with van der Waals surface area (Å²) in [6, 6.07) is 13.4. The van der Waals surface area contributed by atoms with Crippen LogP contribution in [0.3, 0.4) is 0 Å². The Morgan fingerprint density at radius 1 is 1.16 bits per heavy atom. The molecule has 2 unspecified atom stereocenters. The SMILES string of the molecule is O=S1(=O)c2ccccc2Cc2ccc(I3CCO[CH]4[CH](N3)[Al]4[Cl])cc21. The zero-order valence-electron chi connectivity index (χ0n) is 13.3. The van der Waals surface area contributed by atoms with Crippen LogP contribution in [0.2, 0.25) is 0 Å². The molecule has 2 saturated heterocycles. The Labute approximate surface area is 163 Å². The van der Waals surface area contributed by atoms with E-state index in [1.54, 1.807) is 12.1 Å². The molecule has 25 heavy (non-hydrogen) atoms. The van der Waals surface area contributed by atoms with Crippen molar-refractivity contribution < 1.29 is 13.2 Å². The number of ether oxygens (including phenoxy) is 1. The summed E-state index contributed by atoms with van der Waals surface area (Å²) in [4.78, 5) is 1.57. The molecule has 0 bridgehead atoms. The van der Waals surface area contributed by atoms with Gasteiger partial charge in [0.1, 0.15) is 0 Å². The first-order valence-corrected chi connectivity index (χ1v) is 16.4. The van der Waals surface area contributed by atoms with Crippen LogP contribution >= 0.6 is 30.1 Å². The molecule has 2 fully saturated rings. The van der Waals surface area contributed by atoms with Gasteiger partial charge in [-0.15, -0.1) is 0 Å². The van der Waals surface area contributed by atoms with E-state index in [1.807, 2.05) is 24.3 Å². The molecule has 2 atom stereocenters. The second kappa shape index (κ2) is 6.20. The fraction of sp³-hybridized carbons (Fsp3) is 0.294. The number of benzene rings is 2. The number of sulfone groups is 1. The molecule has 1 N–H and O–H groups in total. The van der Waals surface area contributed by atoms with E-state index in [9.17, 15) is 8.42 Å². The standard InChI is InChI=1S/C17H16INO3S.Al.ClH/c20-23(21)16-4-2-1-3-13(16)11-14-5-6-15(12-17(14)23)18-7-9-22-10-8-19-18;;/h1-6,8,10,12,19H,7,9,11H2;;1H/q;+1;/p-1. The van der Waals surface area contributed by atoms with Crippen molar-refractivity contribution in [2.75, 3.05) is 11.0 Å². The number of rotatable bonds is 1. The normalized spacial score (nSPS) is 27.7. The third kappa shape index (κ3) is 2.80. The van der Waals surface area contributed by atoms with Crippen molar-refractivity contribution >= 4 is 53.2 Å². The van der Waals surface area contributed by atoms with Crippen LogP contribution in [0.5, 0.6) is 0 Å². The van der Waals surface area contributed by atoms with E-state index in [0.717, 1.165) is 22.2 Å². The molecule has 8 heteroatoms. The molecule has 3 aliphatic heterocycles. The summed E-state index contributed by atoms with van der Waals surface area (Å²) in [5, 5.41) is 0. The molecule has 5 rings (SSSR count). The van der Waals surface area contributed by atoms with Crippen molar-refractivity contribution in [1.82, 2.24) is 3.53 Å². The Bertz CT molecular complexity index is 970. The van der Waals surface area contributed by atoms with E-state index in [0.29, 0.717) is 21.1 Å². The molecule has 0 amide bonds. The Morgan fingerprint density at radius 3 is 2.84 bits per heavy atom. The number of halogens is 2. The molecular weight excluding hydrogens is 488 g/mol. The zero-order valence-corrected chi connectivity index (χ0v) is 18.2. The third-order valence-corrected chi connectivity index (χ3v) is 16.2. The Balaban J connectivity index is 1.54. The number of nitrogens with one attached hydrogen (secondary N) is 1. The quantitative estimate of drug-likeness (QED) is 0.240.